The fraction of sp³-hybridized carbons (Fsp3) is 0.632. The SMILES string of the molecule is CCNC(=NCc1ccc(NCCOC)cc1)N1CCS(=O)(=O)C(C)(C)C1. The molecule has 1 fully saturated rings. The molecule has 0 aromatic heterocycles. The van der Waals surface area contributed by atoms with Crippen molar-refractivity contribution in [3.05, 3.63) is 29.8 Å². The zero-order valence-corrected chi connectivity index (χ0v) is 17.6. The molecule has 1 aromatic carbocycles. The van der Waals surface area contributed by atoms with Crippen molar-refractivity contribution in [3.63, 3.8) is 0 Å². The van der Waals surface area contributed by atoms with Crippen LogP contribution in [0.2, 0.25) is 0 Å². The van der Waals surface area contributed by atoms with Crippen LogP contribution in [0, 0.1) is 0 Å². The first-order valence-electron chi connectivity index (χ1n) is 9.36. The highest BCUT2D eigenvalue weighted by Gasteiger charge is 2.40. The maximum absolute atomic E-state index is 12.2. The molecule has 0 bridgehead atoms. The van der Waals surface area contributed by atoms with Gasteiger partial charge in [0.1, 0.15) is 0 Å². The first kappa shape index (κ1) is 21.5. The molecule has 1 aliphatic rings. The number of guanidine groups is 1. The summed E-state index contributed by atoms with van der Waals surface area (Å²) in [5.41, 5.74) is 2.15. The van der Waals surface area contributed by atoms with E-state index in [0.29, 0.717) is 26.2 Å². The predicted octanol–water partition coefficient (Wildman–Crippen LogP) is 1.72. The molecule has 1 heterocycles. The highest BCUT2D eigenvalue weighted by atomic mass is 32.2. The van der Waals surface area contributed by atoms with Crippen LogP contribution in [-0.2, 0) is 21.1 Å². The second-order valence-electron chi connectivity index (χ2n) is 7.29. The van der Waals surface area contributed by atoms with Crippen molar-refractivity contribution < 1.29 is 13.2 Å². The highest BCUT2D eigenvalue weighted by molar-refractivity contribution is 7.92. The number of nitrogens with zero attached hydrogens (tertiary/aromatic N) is 2. The van der Waals surface area contributed by atoms with Crippen molar-refractivity contribution in [1.82, 2.24) is 10.2 Å². The van der Waals surface area contributed by atoms with Crippen LogP contribution in [0.3, 0.4) is 0 Å². The van der Waals surface area contributed by atoms with Crippen LogP contribution in [0.1, 0.15) is 26.3 Å². The Balaban J connectivity index is 2.03. The largest absolute Gasteiger partial charge is 0.383 e. The minimum absolute atomic E-state index is 0.159. The van der Waals surface area contributed by atoms with Gasteiger partial charge >= 0.3 is 0 Å². The summed E-state index contributed by atoms with van der Waals surface area (Å²) in [6.07, 6.45) is 0. The third kappa shape index (κ3) is 5.84. The highest BCUT2D eigenvalue weighted by Crippen LogP contribution is 2.23. The van der Waals surface area contributed by atoms with Crippen molar-refractivity contribution in [1.29, 1.82) is 0 Å². The Morgan fingerprint density at radius 3 is 2.59 bits per heavy atom. The number of hydrogen-bond acceptors (Lipinski definition) is 5. The number of hydrogen-bond donors (Lipinski definition) is 2. The van der Waals surface area contributed by atoms with Gasteiger partial charge in [-0.05, 0) is 38.5 Å². The van der Waals surface area contributed by atoms with E-state index in [1.54, 1.807) is 21.0 Å². The summed E-state index contributed by atoms with van der Waals surface area (Å²) in [5.74, 6) is 0.925. The molecular formula is C19H32N4O3S. The monoisotopic (exact) mass is 396 g/mol. The number of aliphatic imine (C=N–C) groups is 1. The van der Waals surface area contributed by atoms with E-state index in [2.05, 4.69) is 10.6 Å². The van der Waals surface area contributed by atoms with Crippen molar-refractivity contribution >= 4 is 21.5 Å². The van der Waals surface area contributed by atoms with E-state index < -0.39 is 14.6 Å². The van der Waals surface area contributed by atoms with Gasteiger partial charge < -0.3 is 20.3 Å². The smallest absolute Gasteiger partial charge is 0.194 e. The number of sulfone groups is 1. The number of benzene rings is 1. The summed E-state index contributed by atoms with van der Waals surface area (Å²) >= 11 is 0. The van der Waals surface area contributed by atoms with Crippen LogP contribution in [0.4, 0.5) is 5.69 Å². The third-order valence-corrected chi connectivity index (χ3v) is 7.21. The number of methoxy groups -OCH3 is 1. The van der Waals surface area contributed by atoms with E-state index in [-0.39, 0.29) is 5.75 Å². The van der Waals surface area contributed by atoms with Crippen molar-refractivity contribution in [2.24, 2.45) is 4.99 Å². The molecule has 0 radical (unpaired) electrons. The average molecular weight is 397 g/mol. The molecule has 27 heavy (non-hydrogen) atoms. The lowest BCUT2D eigenvalue weighted by Crippen LogP contribution is -2.57. The van der Waals surface area contributed by atoms with E-state index in [1.165, 1.54) is 0 Å². The maximum atomic E-state index is 12.2. The average Bonchev–Trinajstić information content (AvgIpc) is 2.62. The fourth-order valence-corrected chi connectivity index (χ4v) is 4.31. The number of nitrogens with one attached hydrogen (secondary N) is 2. The minimum atomic E-state index is -3.06. The Morgan fingerprint density at radius 2 is 2.00 bits per heavy atom. The molecule has 0 amide bonds. The number of ether oxygens (including phenoxy) is 1. The Kier molecular flexibility index (Phi) is 7.49. The zero-order valence-electron chi connectivity index (χ0n) is 16.8. The third-order valence-electron chi connectivity index (χ3n) is 4.68. The van der Waals surface area contributed by atoms with Gasteiger partial charge in [-0.2, -0.15) is 0 Å². The second-order valence-corrected chi connectivity index (χ2v) is 10.0. The number of rotatable bonds is 7. The molecule has 7 nitrogen and oxygen atoms in total. The Morgan fingerprint density at radius 1 is 1.30 bits per heavy atom. The molecule has 0 saturated carbocycles. The van der Waals surface area contributed by atoms with Crippen LogP contribution < -0.4 is 10.6 Å². The van der Waals surface area contributed by atoms with Crippen molar-refractivity contribution in [3.8, 4) is 0 Å². The molecule has 0 aliphatic carbocycles. The molecule has 0 unspecified atom stereocenters. The van der Waals surface area contributed by atoms with Crippen molar-refractivity contribution in [2.75, 3.05) is 51.0 Å². The molecular weight excluding hydrogens is 364 g/mol. The molecule has 2 N–H and O–H groups in total. The van der Waals surface area contributed by atoms with Crippen molar-refractivity contribution in [2.45, 2.75) is 32.1 Å². The van der Waals surface area contributed by atoms with Gasteiger partial charge in [-0.25, -0.2) is 13.4 Å². The lowest BCUT2D eigenvalue weighted by Gasteiger charge is -2.39. The first-order valence-corrected chi connectivity index (χ1v) is 11.0. The predicted molar refractivity (Wildman–Crippen MR) is 111 cm³/mol. The first-order chi connectivity index (χ1) is 12.8. The molecule has 2 rings (SSSR count). The molecule has 8 heteroatoms. The molecule has 0 atom stereocenters. The molecule has 0 spiro atoms. The lowest BCUT2D eigenvalue weighted by atomic mass is 10.2. The number of anilines is 1. The zero-order chi connectivity index (χ0) is 19.9. The van der Waals surface area contributed by atoms with Gasteiger partial charge in [0.15, 0.2) is 15.8 Å². The summed E-state index contributed by atoms with van der Waals surface area (Å²) in [4.78, 5) is 6.77. The molecule has 1 aliphatic heterocycles. The second kappa shape index (κ2) is 9.41. The summed E-state index contributed by atoms with van der Waals surface area (Å²) in [7, 11) is -1.38. The van der Waals surface area contributed by atoms with Crippen LogP contribution in [0.25, 0.3) is 0 Å². The molecule has 152 valence electrons. The quantitative estimate of drug-likeness (QED) is 0.415. The van der Waals surface area contributed by atoms with E-state index in [1.807, 2.05) is 36.1 Å². The Hall–Kier alpha value is -1.80. The summed E-state index contributed by atoms with van der Waals surface area (Å²) in [5, 5.41) is 6.58. The van der Waals surface area contributed by atoms with E-state index in [0.717, 1.165) is 30.3 Å². The lowest BCUT2D eigenvalue weighted by molar-refractivity contribution is 0.211. The van der Waals surface area contributed by atoms with E-state index >= 15 is 0 Å². The Labute approximate surface area is 163 Å². The van der Waals surface area contributed by atoms with Gasteiger partial charge in [-0.3, -0.25) is 0 Å². The van der Waals surface area contributed by atoms with Crippen LogP contribution >= 0.6 is 0 Å². The van der Waals surface area contributed by atoms with Crippen LogP contribution in [0.5, 0.6) is 0 Å². The van der Waals surface area contributed by atoms with E-state index in [9.17, 15) is 8.42 Å². The summed E-state index contributed by atoms with van der Waals surface area (Å²) in [6.45, 7) is 9.23. The fourth-order valence-electron chi connectivity index (χ4n) is 2.94. The molecule has 1 saturated heterocycles. The van der Waals surface area contributed by atoms with Gasteiger partial charge in [0.05, 0.1) is 23.7 Å². The maximum Gasteiger partial charge on any atom is 0.194 e. The summed E-state index contributed by atoms with van der Waals surface area (Å²) in [6, 6.07) is 8.16. The topological polar surface area (TPSA) is 83.0 Å². The standard InChI is InChI=1S/C19H32N4O3S/c1-5-20-18(23-11-13-27(24,25)19(2,3)15-23)22-14-16-6-8-17(9-7-16)21-10-12-26-4/h6-9,21H,5,10-15H2,1-4H3,(H,20,22). The van der Waals surface area contributed by atoms with Crippen LogP contribution in [0.15, 0.2) is 29.3 Å². The van der Waals surface area contributed by atoms with Gasteiger partial charge in [0.2, 0.25) is 0 Å². The Bertz CT molecular complexity index is 730. The van der Waals surface area contributed by atoms with E-state index in [4.69, 9.17) is 9.73 Å². The minimum Gasteiger partial charge on any atom is -0.383 e. The van der Waals surface area contributed by atoms with Gasteiger partial charge in [-0.1, -0.05) is 12.1 Å². The summed E-state index contributed by atoms with van der Waals surface area (Å²) < 4.78 is 28.7. The molecule has 1 aromatic rings. The van der Waals surface area contributed by atoms with Gasteiger partial charge in [0, 0.05) is 39.0 Å². The van der Waals surface area contributed by atoms with Gasteiger partial charge in [-0.15, -0.1) is 0 Å². The normalized spacial score (nSPS) is 19.0. The van der Waals surface area contributed by atoms with Gasteiger partial charge in [0.25, 0.3) is 0 Å². The van der Waals surface area contributed by atoms with Crippen LogP contribution in [-0.4, -0.2) is 69.7 Å².